The zero-order valence-corrected chi connectivity index (χ0v) is 18.3. The predicted molar refractivity (Wildman–Crippen MR) is 118 cm³/mol. The summed E-state index contributed by atoms with van der Waals surface area (Å²) in [5.74, 6) is -1.07. The molecular formula is C24H27FN4O3. The summed E-state index contributed by atoms with van der Waals surface area (Å²) in [6.07, 6.45) is 4.42. The Morgan fingerprint density at radius 3 is 2.91 bits per heavy atom. The summed E-state index contributed by atoms with van der Waals surface area (Å²) in [6.45, 7) is 5.29. The van der Waals surface area contributed by atoms with E-state index in [0.29, 0.717) is 26.3 Å². The molecule has 1 fully saturated rings. The number of pyridine rings is 1. The summed E-state index contributed by atoms with van der Waals surface area (Å²) in [5.41, 5.74) is 1.21. The zero-order chi connectivity index (χ0) is 22.7. The van der Waals surface area contributed by atoms with Crippen molar-refractivity contribution in [2.75, 3.05) is 26.3 Å². The largest absolute Gasteiger partial charge is 0.379 e. The topological polar surface area (TPSA) is 75.9 Å². The van der Waals surface area contributed by atoms with Gasteiger partial charge in [0, 0.05) is 37.0 Å². The molecule has 0 saturated carbocycles. The van der Waals surface area contributed by atoms with Crippen molar-refractivity contribution >= 4 is 17.3 Å². The van der Waals surface area contributed by atoms with Crippen molar-refractivity contribution in [1.29, 1.82) is 0 Å². The fraction of sp³-hybridized carbons (Fsp3) is 0.375. The van der Waals surface area contributed by atoms with Crippen LogP contribution in [0.4, 0.5) is 4.39 Å². The summed E-state index contributed by atoms with van der Waals surface area (Å²) in [5, 5.41) is 7.03. The minimum Gasteiger partial charge on any atom is -0.379 e. The third kappa shape index (κ3) is 4.80. The van der Waals surface area contributed by atoms with Crippen molar-refractivity contribution in [3.63, 3.8) is 0 Å². The van der Waals surface area contributed by atoms with Crippen LogP contribution in [-0.4, -0.2) is 58.2 Å². The van der Waals surface area contributed by atoms with Crippen molar-refractivity contribution < 1.29 is 18.7 Å². The van der Waals surface area contributed by atoms with E-state index in [-0.39, 0.29) is 17.4 Å². The number of aromatic nitrogens is 2. The Hall–Kier alpha value is -3.26. The van der Waals surface area contributed by atoms with Crippen LogP contribution < -0.4 is 5.32 Å². The molecule has 1 N–H and O–H groups in total. The highest BCUT2D eigenvalue weighted by molar-refractivity contribution is 5.98. The van der Waals surface area contributed by atoms with E-state index < -0.39 is 17.3 Å². The standard InChI is InChI=1S/C24H27FN4O3/c1-24(2,27-22(30)19-5-3-7-20(25)14-19)23(31)28-11-12-32-16-17(15-28)13-18-6-4-10-29-21(18)8-9-26-29/h3-10,14,17H,11-13,15-16H2,1-2H3,(H,27,30). The molecule has 1 aliphatic heterocycles. The van der Waals surface area contributed by atoms with Gasteiger partial charge in [-0.2, -0.15) is 5.10 Å². The Balaban J connectivity index is 1.46. The van der Waals surface area contributed by atoms with Crippen molar-refractivity contribution in [2.45, 2.75) is 25.8 Å². The van der Waals surface area contributed by atoms with Gasteiger partial charge in [0.1, 0.15) is 11.4 Å². The molecule has 2 aromatic heterocycles. The Bertz CT molecular complexity index is 1130. The number of halogens is 1. The lowest BCUT2D eigenvalue weighted by molar-refractivity contribution is -0.137. The van der Waals surface area contributed by atoms with Gasteiger partial charge in [-0.3, -0.25) is 9.59 Å². The molecule has 32 heavy (non-hydrogen) atoms. The first-order chi connectivity index (χ1) is 15.3. The van der Waals surface area contributed by atoms with Crippen LogP contribution in [0.5, 0.6) is 0 Å². The summed E-state index contributed by atoms with van der Waals surface area (Å²) in [7, 11) is 0. The quantitative estimate of drug-likeness (QED) is 0.665. The Kier molecular flexibility index (Phi) is 6.23. The van der Waals surface area contributed by atoms with Gasteiger partial charge < -0.3 is 15.0 Å². The average Bonchev–Trinajstić information content (AvgIpc) is 3.13. The van der Waals surface area contributed by atoms with Gasteiger partial charge in [0.2, 0.25) is 5.91 Å². The number of hydrogen-bond donors (Lipinski definition) is 1. The molecule has 168 valence electrons. The minimum atomic E-state index is -1.15. The number of carbonyl (C=O) groups is 2. The number of hydrogen-bond acceptors (Lipinski definition) is 4. The van der Waals surface area contributed by atoms with Gasteiger partial charge in [0.25, 0.3) is 5.91 Å². The first kappa shape index (κ1) is 22.0. The Morgan fingerprint density at radius 1 is 1.25 bits per heavy atom. The maximum absolute atomic E-state index is 13.5. The van der Waals surface area contributed by atoms with E-state index in [1.165, 1.54) is 18.2 Å². The van der Waals surface area contributed by atoms with Gasteiger partial charge in [-0.05, 0) is 56.2 Å². The SMILES string of the molecule is CC(C)(NC(=O)c1cccc(F)c1)C(=O)N1CCOCC(Cc2cccn3nccc23)C1. The number of benzene rings is 1. The second-order valence-corrected chi connectivity index (χ2v) is 8.68. The van der Waals surface area contributed by atoms with Crippen molar-refractivity contribution in [1.82, 2.24) is 19.8 Å². The molecule has 0 radical (unpaired) electrons. The highest BCUT2D eigenvalue weighted by atomic mass is 19.1. The maximum Gasteiger partial charge on any atom is 0.252 e. The lowest BCUT2D eigenvalue weighted by Crippen LogP contribution is -2.57. The van der Waals surface area contributed by atoms with Gasteiger partial charge in [-0.15, -0.1) is 0 Å². The third-order valence-electron chi connectivity index (χ3n) is 5.70. The van der Waals surface area contributed by atoms with Crippen LogP contribution in [0, 0.1) is 11.7 Å². The lowest BCUT2D eigenvalue weighted by atomic mass is 9.97. The second kappa shape index (κ2) is 9.08. The molecule has 4 rings (SSSR count). The summed E-state index contributed by atoms with van der Waals surface area (Å²) in [4.78, 5) is 27.7. The van der Waals surface area contributed by atoms with Gasteiger partial charge in [-0.25, -0.2) is 8.91 Å². The van der Waals surface area contributed by atoms with Crippen LogP contribution in [-0.2, 0) is 16.0 Å². The Labute approximate surface area is 186 Å². The molecule has 3 heterocycles. The number of ether oxygens (including phenoxy) is 1. The van der Waals surface area contributed by atoms with Crippen molar-refractivity contribution in [3.05, 3.63) is 71.8 Å². The molecule has 1 aliphatic rings. The molecule has 1 atom stereocenters. The monoisotopic (exact) mass is 438 g/mol. The lowest BCUT2D eigenvalue weighted by Gasteiger charge is -2.33. The first-order valence-electron chi connectivity index (χ1n) is 10.7. The summed E-state index contributed by atoms with van der Waals surface area (Å²) in [6, 6.07) is 11.4. The van der Waals surface area contributed by atoms with Gasteiger partial charge in [0.05, 0.1) is 18.7 Å². The van der Waals surface area contributed by atoms with E-state index in [1.807, 2.05) is 22.8 Å². The normalized spacial score (nSPS) is 17.2. The molecule has 0 bridgehead atoms. The summed E-state index contributed by atoms with van der Waals surface area (Å²) < 4.78 is 21.1. The minimum absolute atomic E-state index is 0.109. The average molecular weight is 439 g/mol. The molecule has 0 spiro atoms. The smallest absolute Gasteiger partial charge is 0.252 e. The number of fused-ring (bicyclic) bond motifs is 1. The molecule has 3 aromatic rings. The maximum atomic E-state index is 13.5. The van der Waals surface area contributed by atoms with Crippen LogP contribution in [0.3, 0.4) is 0 Å². The molecule has 1 saturated heterocycles. The van der Waals surface area contributed by atoms with E-state index in [9.17, 15) is 14.0 Å². The summed E-state index contributed by atoms with van der Waals surface area (Å²) >= 11 is 0. The molecular weight excluding hydrogens is 411 g/mol. The molecule has 2 amide bonds. The predicted octanol–water partition coefficient (Wildman–Crippen LogP) is 2.70. The molecule has 7 nitrogen and oxygen atoms in total. The van der Waals surface area contributed by atoms with Crippen molar-refractivity contribution in [3.8, 4) is 0 Å². The van der Waals surface area contributed by atoms with E-state index in [4.69, 9.17) is 4.74 Å². The highest BCUT2D eigenvalue weighted by Gasteiger charge is 2.35. The number of nitrogens with zero attached hydrogens (tertiary/aromatic N) is 3. The number of rotatable bonds is 5. The fourth-order valence-electron chi connectivity index (χ4n) is 4.12. The third-order valence-corrected chi connectivity index (χ3v) is 5.70. The highest BCUT2D eigenvalue weighted by Crippen LogP contribution is 2.20. The van der Waals surface area contributed by atoms with Gasteiger partial charge in [-0.1, -0.05) is 12.1 Å². The number of nitrogens with one attached hydrogen (secondary N) is 1. The number of carbonyl (C=O) groups excluding carboxylic acids is 2. The van der Waals surface area contributed by atoms with E-state index in [1.54, 1.807) is 24.9 Å². The van der Waals surface area contributed by atoms with Crippen LogP contribution in [0.25, 0.3) is 5.52 Å². The van der Waals surface area contributed by atoms with E-state index in [2.05, 4.69) is 16.5 Å². The van der Waals surface area contributed by atoms with E-state index in [0.717, 1.165) is 23.6 Å². The van der Waals surface area contributed by atoms with Crippen LogP contribution in [0.15, 0.2) is 54.9 Å². The molecule has 0 aliphatic carbocycles. The van der Waals surface area contributed by atoms with Crippen LogP contribution in [0.2, 0.25) is 0 Å². The molecule has 1 aromatic carbocycles. The number of amides is 2. The van der Waals surface area contributed by atoms with Crippen LogP contribution in [0.1, 0.15) is 29.8 Å². The molecule has 8 heteroatoms. The Morgan fingerprint density at radius 2 is 2.09 bits per heavy atom. The second-order valence-electron chi connectivity index (χ2n) is 8.68. The van der Waals surface area contributed by atoms with Crippen molar-refractivity contribution in [2.24, 2.45) is 5.92 Å². The molecule has 1 unspecified atom stereocenters. The zero-order valence-electron chi connectivity index (χ0n) is 18.3. The van der Waals surface area contributed by atoms with Gasteiger partial charge >= 0.3 is 0 Å². The fourth-order valence-corrected chi connectivity index (χ4v) is 4.12. The van der Waals surface area contributed by atoms with E-state index >= 15 is 0 Å². The van der Waals surface area contributed by atoms with Crippen LogP contribution >= 0.6 is 0 Å². The van der Waals surface area contributed by atoms with Gasteiger partial charge in [0.15, 0.2) is 0 Å². The first-order valence-corrected chi connectivity index (χ1v) is 10.7.